The molecule has 0 spiro atoms. The predicted octanol–water partition coefficient (Wildman–Crippen LogP) is 3.03. The minimum absolute atomic E-state index is 0.619. The molecule has 0 atom stereocenters. The molecule has 0 aliphatic carbocycles. The molecule has 0 bridgehead atoms. The first kappa shape index (κ1) is 12.9. The van der Waals surface area contributed by atoms with Gasteiger partial charge in [0.2, 0.25) is 0 Å². The Morgan fingerprint density at radius 2 is 2.25 bits per heavy atom. The van der Waals surface area contributed by atoms with E-state index in [1.54, 1.807) is 11.8 Å². The average Bonchev–Trinajstić information content (AvgIpc) is 2.34. The van der Waals surface area contributed by atoms with Crippen LogP contribution >= 0.6 is 11.8 Å². The minimum atomic E-state index is 0.619. The van der Waals surface area contributed by atoms with Crippen molar-refractivity contribution in [3.8, 4) is 12.3 Å². The highest BCUT2D eigenvalue weighted by Gasteiger charge is 2.01. The molecule has 0 aliphatic heterocycles. The van der Waals surface area contributed by atoms with Crippen LogP contribution in [-0.4, -0.2) is 19.3 Å². The zero-order chi connectivity index (χ0) is 11.8. The van der Waals surface area contributed by atoms with Crippen LogP contribution in [0.25, 0.3) is 5.57 Å². The van der Waals surface area contributed by atoms with Crippen molar-refractivity contribution in [3.63, 3.8) is 0 Å². The number of hydrogen-bond acceptors (Lipinski definition) is 2. The van der Waals surface area contributed by atoms with E-state index in [2.05, 4.69) is 54.8 Å². The van der Waals surface area contributed by atoms with Crippen LogP contribution in [0.15, 0.2) is 35.2 Å². The maximum atomic E-state index is 5.17. The molecular formula is C14H17NS. The van der Waals surface area contributed by atoms with Gasteiger partial charge in [-0.2, -0.15) is 0 Å². The van der Waals surface area contributed by atoms with Crippen molar-refractivity contribution in [2.24, 2.45) is 0 Å². The summed E-state index contributed by atoms with van der Waals surface area (Å²) in [6.07, 6.45) is 9.44. The van der Waals surface area contributed by atoms with Crippen molar-refractivity contribution in [1.82, 2.24) is 5.32 Å². The zero-order valence-electron chi connectivity index (χ0n) is 9.79. The van der Waals surface area contributed by atoms with Crippen molar-refractivity contribution in [2.45, 2.75) is 11.8 Å². The van der Waals surface area contributed by atoms with Crippen molar-refractivity contribution in [3.05, 3.63) is 35.9 Å². The lowest BCUT2D eigenvalue weighted by Gasteiger charge is -2.07. The molecule has 0 saturated carbocycles. The molecular weight excluding hydrogens is 214 g/mol. The van der Waals surface area contributed by atoms with Gasteiger partial charge in [-0.1, -0.05) is 30.2 Å². The van der Waals surface area contributed by atoms with E-state index < -0.39 is 0 Å². The van der Waals surface area contributed by atoms with Crippen molar-refractivity contribution in [1.29, 1.82) is 0 Å². The Hall–Kier alpha value is -1.17. The maximum Gasteiger partial charge on any atom is 0.0576 e. The van der Waals surface area contributed by atoms with E-state index in [1.807, 2.05) is 0 Å². The molecule has 1 nitrogen and oxygen atoms in total. The molecule has 1 aromatic rings. The molecule has 0 aromatic heterocycles. The number of terminal acetylenes is 1. The summed E-state index contributed by atoms with van der Waals surface area (Å²) in [6, 6.07) is 8.44. The molecule has 16 heavy (non-hydrogen) atoms. The highest BCUT2D eigenvalue weighted by atomic mass is 32.2. The van der Waals surface area contributed by atoms with Crippen LogP contribution in [0.1, 0.15) is 12.5 Å². The van der Waals surface area contributed by atoms with Gasteiger partial charge >= 0.3 is 0 Å². The first-order valence-corrected chi connectivity index (χ1v) is 6.46. The summed E-state index contributed by atoms with van der Waals surface area (Å²) < 4.78 is 0. The van der Waals surface area contributed by atoms with Crippen molar-refractivity contribution < 1.29 is 0 Å². The quantitative estimate of drug-likeness (QED) is 0.475. The van der Waals surface area contributed by atoms with Crippen LogP contribution in [0, 0.1) is 12.3 Å². The smallest absolute Gasteiger partial charge is 0.0576 e. The summed E-state index contributed by atoms with van der Waals surface area (Å²) in [6.45, 7) is 3.57. The van der Waals surface area contributed by atoms with Gasteiger partial charge in [-0.15, -0.1) is 18.2 Å². The van der Waals surface area contributed by atoms with E-state index in [1.165, 1.54) is 16.0 Å². The fourth-order valence-electron chi connectivity index (χ4n) is 1.45. The predicted molar refractivity (Wildman–Crippen MR) is 73.6 cm³/mol. The number of hydrogen-bond donors (Lipinski definition) is 1. The maximum absolute atomic E-state index is 5.17. The zero-order valence-corrected chi connectivity index (χ0v) is 10.6. The molecule has 0 fully saturated rings. The lowest BCUT2D eigenvalue weighted by Crippen LogP contribution is -2.13. The lowest BCUT2D eigenvalue weighted by molar-refractivity contribution is 0.857. The number of allylic oxidation sites excluding steroid dienone is 1. The van der Waals surface area contributed by atoms with E-state index in [4.69, 9.17) is 6.42 Å². The second-order valence-corrected chi connectivity index (χ2v) is 4.27. The van der Waals surface area contributed by atoms with Crippen molar-refractivity contribution >= 4 is 17.3 Å². The van der Waals surface area contributed by atoms with Crippen LogP contribution in [0.4, 0.5) is 0 Å². The van der Waals surface area contributed by atoms with Gasteiger partial charge in [0.05, 0.1) is 6.54 Å². The van der Waals surface area contributed by atoms with E-state index in [0.29, 0.717) is 6.54 Å². The van der Waals surface area contributed by atoms with Gasteiger partial charge in [-0.05, 0) is 30.4 Å². The van der Waals surface area contributed by atoms with Gasteiger partial charge in [0, 0.05) is 11.4 Å². The standard InChI is InChI=1S/C14H17NS/c1-4-10-15-11-9-12(2)13-7-5-6-8-14(13)16-3/h1,5-9,15H,10-11H2,2-3H3/b12-9+. The monoisotopic (exact) mass is 231 g/mol. The van der Waals surface area contributed by atoms with Gasteiger partial charge in [-0.3, -0.25) is 0 Å². The Morgan fingerprint density at radius 1 is 1.50 bits per heavy atom. The van der Waals surface area contributed by atoms with E-state index in [9.17, 15) is 0 Å². The SMILES string of the molecule is C#CCNC/C=C(\C)c1ccccc1SC. The Kier molecular flexibility index (Phi) is 5.77. The molecule has 0 amide bonds. The third-order valence-electron chi connectivity index (χ3n) is 2.31. The number of benzene rings is 1. The number of thioether (sulfide) groups is 1. The normalized spacial score (nSPS) is 11.2. The van der Waals surface area contributed by atoms with Gasteiger partial charge in [0.15, 0.2) is 0 Å². The van der Waals surface area contributed by atoms with E-state index in [-0.39, 0.29) is 0 Å². The second kappa shape index (κ2) is 7.16. The highest BCUT2D eigenvalue weighted by molar-refractivity contribution is 7.98. The molecule has 2 heteroatoms. The average molecular weight is 231 g/mol. The summed E-state index contributed by atoms with van der Waals surface area (Å²) in [5.74, 6) is 2.56. The molecule has 0 aliphatic rings. The molecule has 1 aromatic carbocycles. The van der Waals surface area contributed by atoms with Crippen LogP contribution < -0.4 is 5.32 Å². The Labute approximate surface area is 102 Å². The van der Waals surface area contributed by atoms with Gasteiger partial charge in [0.1, 0.15) is 0 Å². The minimum Gasteiger partial charge on any atom is -0.303 e. The first-order valence-electron chi connectivity index (χ1n) is 5.24. The van der Waals surface area contributed by atoms with Crippen LogP contribution in [-0.2, 0) is 0 Å². The van der Waals surface area contributed by atoms with Gasteiger partial charge in [0.25, 0.3) is 0 Å². The summed E-state index contributed by atoms with van der Waals surface area (Å²) in [7, 11) is 0. The topological polar surface area (TPSA) is 12.0 Å². The Bertz CT molecular complexity index is 401. The fourth-order valence-corrected chi connectivity index (χ4v) is 2.11. The first-order chi connectivity index (χ1) is 7.79. The Balaban J connectivity index is 2.72. The molecule has 1 N–H and O–H groups in total. The molecule has 0 radical (unpaired) electrons. The van der Waals surface area contributed by atoms with Gasteiger partial charge in [-0.25, -0.2) is 0 Å². The van der Waals surface area contributed by atoms with E-state index in [0.717, 1.165) is 6.54 Å². The van der Waals surface area contributed by atoms with Crippen molar-refractivity contribution in [2.75, 3.05) is 19.3 Å². The summed E-state index contributed by atoms with van der Waals surface area (Å²) in [5.41, 5.74) is 2.59. The third-order valence-corrected chi connectivity index (χ3v) is 3.11. The molecule has 0 heterocycles. The van der Waals surface area contributed by atoms with Crippen LogP contribution in [0.3, 0.4) is 0 Å². The van der Waals surface area contributed by atoms with E-state index >= 15 is 0 Å². The third kappa shape index (κ3) is 3.77. The molecule has 84 valence electrons. The molecule has 0 saturated heterocycles. The molecule has 0 unspecified atom stereocenters. The highest BCUT2D eigenvalue weighted by Crippen LogP contribution is 2.25. The number of nitrogens with one attached hydrogen (secondary N) is 1. The van der Waals surface area contributed by atoms with Crippen LogP contribution in [0.5, 0.6) is 0 Å². The van der Waals surface area contributed by atoms with Crippen LogP contribution in [0.2, 0.25) is 0 Å². The lowest BCUT2D eigenvalue weighted by atomic mass is 10.1. The second-order valence-electron chi connectivity index (χ2n) is 3.42. The number of rotatable bonds is 5. The summed E-state index contributed by atoms with van der Waals surface area (Å²) >= 11 is 1.77. The largest absolute Gasteiger partial charge is 0.303 e. The summed E-state index contributed by atoms with van der Waals surface area (Å²) in [4.78, 5) is 1.31. The molecule has 1 rings (SSSR count). The Morgan fingerprint density at radius 3 is 2.94 bits per heavy atom. The van der Waals surface area contributed by atoms with Gasteiger partial charge < -0.3 is 5.32 Å². The summed E-state index contributed by atoms with van der Waals surface area (Å²) in [5, 5.41) is 3.15. The fraction of sp³-hybridized carbons (Fsp3) is 0.286.